The van der Waals surface area contributed by atoms with Crippen molar-refractivity contribution in [2.45, 2.75) is 0 Å². The number of fused-ring (bicyclic) bond motifs is 1. The van der Waals surface area contributed by atoms with Gasteiger partial charge in [-0.25, -0.2) is 0 Å². The lowest BCUT2D eigenvalue weighted by Crippen LogP contribution is -2.37. The maximum Gasteiger partial charge on any atom is 0.270 e. The summed E-state index contributed by atoms with van der Waals surface area (Å²) in [7, 11) is 0. The Morgan fingerprint density at radius 1 is 1.17 bits per heavy atom. The summed E-state index contributed by atoms with van der Waals surface area (Å²) in [5.74, 6) is 0.265. The summed E-state index contributed by atoms with van der Waals surface area (Å²) in [6.07, 6.45) is 0. The topological polar surface area (TPSA) is 127 Å². The van der Waals surface area contributed by atoms with Gasteiger partial charge in [0.2, 0.25) is 6.79 Å². The van der Waals surface area contributed by atoms with Crippen LogP contribution in [0.1, 0.15) is 15.9 Å². The Bertz CT molecular complexity index is 1030. The summed E-state index contributed by atoms with van der Waals surface area (Å²) >= 11 is 0. The van der Waals surface area contributed by atoms with Crippen LogP contribution >= 0.6 is 0 Å². The van der Waals surface area contributed by atoms with E-state index in [0.717, 1.165) is 0 Å². The van der Waals surface area contributed by atoms with Crippen LogP contribution in [0.2, 0.25) is 0 Å². The Labute approximate surface area is 165 Å². The first-order valence-corrected chi connectivity index (χ1v) is 8.83. The van der Waals surface area contributed by atoms with Gasteiger partial charge in [0.1, 0.15) is 6.07 Å². The van der Waals surface area contributed by atoms with Crippen molar-refractivity contribution in [3.8, 4) is 17.6 Å². The van der Waals surface area contributed by atoms with Crippen LogP contribution in [0, 0.1) is 21.4 Å². The number of morpholine rings is 1. The van der Waals surface area contributed by atoms with Crippen molar-refractivity contribution in [3.05, 3.63) is 51.6 Å². The van der Waals surface area contributed by atoms with E-state index in [4.69, 9.17) is 14.2 Å². The van der Waals surface area contributed by atoms with Crippen molar-refractivity contribution in [3.63, 3.8) is 0 Å². The zero-order valence-corrected chi connectivity index (χ0v) is 15.2. The van der Waals surface area contributed by atoms with E-state index >= 15 is 0 Å². The summed E-state index contributed by atoms with van der Waals surface area (Å²) in [4.78, 5) is 25.6. The van der Waals surface area contributed by atoms with Crippen LogP contribution in [0.5, 0.6) is 11.5 Å². The molecule has 2 aliphatic heterocycles. The molecule has 0 saturated carbocycles. The molecule has 29 heavy (non-hydrogen) atoms. The largest absolute Gasteiger partial charge is 0.454 e. The van der Waals surface area contributed by atoms with E-state index in [1.165, 1.54) is 24.3 Å². The van der Waals surface area contributed by atoms with Crippen LogP contribution in [0.15, 0.2) is 30.3 Å². The van der Waals surface area contributed by atoms with E-state index in [2.05, 4.69) is 5.32 Å². The number of carbonyl (C=O) groups excluding carboxylic acids is 1. The zero-order chi connectivity index (χ0) is 20.4. The molecule has 0 aliphatic carbocycles. The smallest absolute Gasteiger partial charge is 0.270 e. The number of hydrogen-bond donors (Lipinski definition) is 1. The van der Waals surface area contributed by atoms with E-state index in [1.807, 2.05) is 11.0 Å². The third-order valence-corrected chi connectivity index (χ3v) is 4.67. The molecule has 2 aliphatic rings. The van der Waals surface area contributed by atoms with E-state index < -0.39 is 10.8 Å². The first-order chi connectivity index (χ1) is 14.1. The minimum absolute atomic E-state index is 0.0314. The molecular weight excluding hydrogens is 380 g/mol. The van der Waals surface area contributed by atoms with Gasteiger partial charge in [0.15, 0.2) is 11.5 Å². The SMILES string of the molecule is N#Cc1cc2c(cc1NC(=O)c1cc([N+](=O)[O-])ccc1N1CCOCC1)OCO2. The molecule has 1 N–H and O–H groups in total. The van der Waals surface area contributed by atoms with Crippen LogP contribution < -0.4 is 19.7 Å². The van der Waals surface area contributed by atoms with Gasteiger partial charge in [-0.3, -0.25) is 14.9 Å². The van der Waals surface area contributed by atoms with E-state index in [0.29, 0.717) is 43.5 Å². The Hall–Kier alpha value is -3.84. The van der Waals surface area contributed by atoms with E-state index in [-0.39, 0.29) is 29.3 Å². The highest BCUT2D eigenvalue weighted by molar-refractivity contribution is 6.09. The zero-order valence-electron chi connectivity index (χ0n) is 15.2. The average molecular weight is 396 g/mol. The van der Waals surface area contributed by atoms with Crippen molar-refractivity contribution in [1.82, 2.24) is 0 Å². The fourth-order valence-corrected chi connectivity index (χ4v) is 3.23. The molecule has 0 unspecified atom stereocenters. The molecule has 0 radical (unpaired) electrons. The van der Waals surface area contributed by atoms with Crippen LogP contribution in [0.4, 0.5) is 17.1 Å². The van der Waals surface area contributed by atoms with Gasteiger partial charge in [-0.1, -0.05) is 0 Å². The Balaban J connectivity index is 1.70. The third kappa shape index (κ3) is 3.63. The quantitative estimate of drug-likeness (QED) is 0.616. The Kier molecular flexibility index (Phi) is 4.88. The van der Waals surface area contributed by atoms with Crippen molar-refractivity contribution in [1.29, 1.82) is 5.26 Å². The van der Waals surface area contributed by atoms with Gasteiger partial charge in [-0.15, -0.1) is 0 Å². The minimum atomic E-state index is -0.564. The number of nitro benzene ring substituents is 1. The molecule has 148 valence electrons. The lowest BCUT2D eigenvalue weighted by atomic mass is 10.1. The highest BCUT2D eigenvalue weighted by atomic mass is 16.7. The number of nitrogens with one attached hydrogen (secondary N) is 1. The molecule has 0 spiro atoms. The van der Waals surface area contributed by atoms with Gasteiger partial charge >= 0.3 is 0 Å². The van der Waals surface area contributed by atoms with Crippen molar-refractivity contribution < 1.29 is 23.9 Å². The molecule has 10 heteroatoms. The molecule has 1 fully saturated rings. The van der Waals surface area contributed by atoms with Crippen LogP contribution in [0.25, 0.3) is 0 Å². The average Bonchev–Trinajstić information content (AvgIpc) is 3.20. The number of nitrogens with zero attached hydrogens (tertiary/aromatic N) is 3. The van der Waals surface area contributed by atoms with E-state index in [9.17, 15) is 20.2 Å². The van der Waals surface area contributed by atoms with Gasteiger partial charge in [0.05, 0.1) is 40.6 Å². The van der Waals surface area contributed by atoms with E-state index in [1.54, 1.807) is 6.07 Å². The predicted molar refractivity (Wildman–Crippen MR) is 101 cm³/mol. The molecule has 10 nitrogen and oxygen atoms in total. The summed E-state index contributed by atoms with van der Waals surface area (Å²) in [5, 5.41) is 23.3. The number of nitro groups is 1. The number of amides is 1. The van der Waals surface area contributed by atoms with Crippen LogP contribution in [-0.4, -0.2) is 43.9 Å². The highest BCUT2D eigenvalue weighted by Crippen LogP contribution is 2.37. The number of carbonyl (C=O) groups is 1. The maximum atomic E-state index is 13.0. The molecule has 2 aromatic carbocycles. The monoisotopic (exact) mass is 396 g/mol. The molecule has 0 bridgehead atoms. The maximum absolute atomic E-state index is 13.0. The summed E-state index contributed by atoms with van der Waals surface area (Å²) in [6, 6.07) is 9.15. The molecule has 2 aromatic rings. The first-order valence-electron chi connectivity index (χ1n) is 8.83. The molecule has 0 aromatic heterocycles. The third-order valence-electron chi connectivity index (χ3n) is 4.67. The van der Waals surface area contributed by atoms with Crippen molar-refractivity contribution in [2.24, 2.45) is 0 Å². The van der Waals surface area contributed by atoms with Gasteiger partial charge in [0, 0.05) is 37.4 Å². The van der Waals surface area contributed by atoms with Gasteiger partial charge in [-0.05, 0) is 6.07 Å². The Morgan fingerprint density at radius 2 is 1.90 bits per heavy atom. The number of ether oxygens (including phenoxy) is 3. The number of non-ortho nitro benzene ring substituents is 1. The lowest BCUT2D eigenvalue weighted by Gasteiger charge is -2.30. The van der Waals surface area contributed by atoms with Crippen LogP contribution in [0.3, 0.4) is 0 Å². The van der Waals surface area contributed by atoms with Gasteiger partial charge in [-0.2, -0.15) is 5.26 Å². The Morgan fingerprint density at radius 3 is 2.59 bits per heavy atom. The number of rotatable bonds is 4. The van der Waals surface area contributed by atoms with Gasteiger partial charge in [0.25, 0.3) is 11.6 Å². The molecule has 2 heterocycles. The number of nitriles is 1. The fraction of sp³-hybridized carbons (Fsp3) is 0.263. The summed E-state index contributed by atoms with van der Waals surface area (Å²) < 4.78 is 15.9. The standard InChI is InChI=1S/C19H16N4O6/c20-10-12-7-17-18(29-11-28-17)9-15(12)21-19(24)14-8-13(23(25)26)1-2-16(14)22-3-5-27-6-4-22/h1-2,7-9H,3-6,11H2,(H,21,24). The normalized spacial score (nSPS) is 14.9. The second kappa shape index (κ2) is 7.65. The van der Waals surface area contributed by atoms with Gasteiger partial charge < -0.3 is 24.4 Å². The first kappa shape index (κ1) is 18.5. The second-order valence-electron chi connectivity index (χ2n) is 6.37. The molecule has 1 saturated heterocycles. The lowest BCUT2D eigenvalue weighted by molar-refractivity contribution is -0.384. The van der Waals surface area contributed by atoms with Crippen molar-refractivity contribution in [2.75, 3.05) is 43.3 Å². The number of benzene rings is 2. The number of hydrogen-bond acceptors (Lipinski definition) is 8. The van der Waals surface area contributed by atoms with Crippen LogP contribution in [-0.2, 0) is 4.74 Å². The molecule has 1 amide bonds. The summed E-state index contributed by atoms with van der Waals surface area (Å²) in [6.45, 7) is 2.15. The molecule has 4 rings (SSSR count). The molecule has 0 atom stereocenters. The van der Waals surface area contributed by atoms with Crippen molar-refractivity contribution >= 4 is 23.0 Å². The minimum Gasteiger partial charge on any atom is -0.454 e. The number of anilines is 2. The molecular formula is C19H16N4O6. The highest BCUT2D eigenvalue weighted by Gasteiger charge is 2.24. The second-order valence-corrected chi connectivity index (χ2v) is 6.37. The predicted octanol–water partition coefficient (Wildman–Crippen LogP) is 2.28. The fourth-order valence-electron chi connectivity index (χ4n) is 3.23. The summed E-state index contributed by atoms with van der Waals surface area (Å²) in [5.41, 5.74) is 0.943.